The van der Waals surface area contributed by atoms with Gasteiger partial charge in [0.25, 0.3) is 5.91 Å². The summed E-state index contributed by atoms with van der Waals surface area (Å²) in [6, 6.07) is 6.45. The molecule has 184 valence electrons. The standard InChI is InChI=1S/C25H31NO5S3/c1-25(2)17-14-16(8-5-3-4-6-9-20(27)28)23(18(25)15-17)26-24(29)19-11-12-22(33-19)34(30,31)21-10-7-13-32-21/h3,5,7,10-13,16-18,23H,4,6,8-9,14-15H2,1-2H3,(H,26,29)(H,27,28)/b5-3+. The first kappa shape index (κ1) is 25.1. The fourth-order valence-corrected chi connectivity index (χ4v) is 9.32. The Morgan fingerprint density at radius 1 is 1.18 bits per heavy atom. The Kier molecular flexibility index (Phi) is 7.36. The number of hydrogen-bond donors (Lipinski definition) is 2. The molecule has 0 spiro atoms. The fraction of sp³-hybridized carbons (Fsp3) is 0.520. The number of allylic oxidation sites excluding steroid dienone is 2. The molecule has 3 aliphatic carbocycles. The molecule has 6 nitrogen and oxygen atoms in total. The third-order valence-electron chi connectivity index (χ3n) is 7.57. The van der Waals surface area contributed by atoms with Crippen LogP contribution >= 0.6 is 22.7 Å². The number of carbonyl (C=O) groups excluding carboxylic acids is 1. The minimum Gasteiger partial charge on any atom is -0.481 e. The molecule has 3 fully saturated rings. The highest BCUT2D eigenvalue weighted by molar-refractivity contribution is 7.95. The summed E-state index contributed by atoms with van der Waals surface area (Å²) >= 11 is 2.20. The Hall–Kier alpha value is -1.97. The Morgan fingerprint density at radius 3 is 2.65 bits per heavy atom. The molecule has 2 heterocycles. The van der Waals surface area contributed by atoms with Crippen molar-refractivity contribution in [2.24, 2.45) is 23.2 Å². The Morgan fingerprint density at radius 2 is 1.97 bits per heavy atom. The molecular weight excluding hydrogens is 490 g/mol. The summed E-state index contributed by atoms with van der Waals surface area (Å²) in [5, 5.41) is 13.8. The van der Waals surface area contributed by atoms with Gasteiger partial charge in [-0.1, -0.05) is 32.1 Å². The van der Waals surface area contributed by atoms with Crippen LogP contribution in [0.5, 0.6) is 0 Å². The Labute approximate surface area is 209 Å². The van der Waals surface area contributed by atoms with Gasteiger partial charge in [0.15, 0.2) is 0 Å². The summed E-state index contributed by atoms with van der Waals surface area (Å²) in [5.41, 5.74) is 0.183. The van der Waals surface area contributed by atoms with E-state index in [0.29, 0.717) is 29.1 Å². The summed E-state index contributed by atoms with van der Waals surface area (Å²) in [7, 11) is -3.59. The van der Waals surface area contributed by atoms with Crippen LogP contribution in [0.25, 0.3) is 0 Å². The molecule has 5 rings (SSSR count). The van der Waals surface area contributed by atoms with Gasteiger partial charge >= 0.3 is 5.97 Å². The predicted octanol–water partition coefficient (Wildman–Crippen LogP) is 5.62. The second-order valence-electron chi connectivity index (χ2n) is 9.90. The Balaban J connectivity index is 1.43. The lowest BCUT2D eigenvalue weighted by Crippen LogP contribution is -2.63. The summed E-state index contributed by atoms with van der Waals surface area (Å²) in [6.07, 6.45) is 8.73. The van der Waals surface area contributed by atoms with Crippen LogP contribution in [-0.2, 0) is 14.6 Å². The molecule has 2 aromatic rings. The highest BCUT2D eigenvalue weighted by Crippen LogP contribution is 2.61. The van der Waals surface area contributed by atoms with Crippen LogP contribution in [0.2, 0.25) is 0 Å². The third kappa shape index (κ3) is 5.02. The molecule has 0 aliphatic heterocycles. The van der Waals surface area contributed by atoms with Crippen molar-refractivity contribution in [2.75, 3.05) is 0 Å². The minimum absolute atomic E-state index is 0.0376. The number of aliphatic carboxylic acids is 1. The predicted molar refractivity (Wildman–Crippen MR) is 134 cm³/mol. The van der Waals surface area contributed by atoms with Gasteiger partial charge in [0.1, 0.15) is 8.42 Å². The zero-order chi connectivity index (χ0) is 24.5. The summed E-state index contributed by atoms with van der Waals surface area (Å²) in [5.74, 6) is 0.394. The van der Waals surface area contributed by atoms with E-state index >= 15 is 0 Å². The van der Waals surface area contributed by atoms with Gasteiger partial charge in [-0.05, 0) is 78.9 Å². The van der Waals surface area contributed by atoms with Crippen LogP contribution in [0.15, 0.2) is 50.2 Å². The van der Waals surface area contributed by atoms with Crippen molar-refractivity contribution in [3.63, 3.8) is 0 Å². The molecule has 2 aromatic heterocycles. The summed E-state index contributed by atoms with van der Waals surface area (Å²) in [6.45, 7) is 4.56. The zero-order valence-corrected chi connectivity index (χ0v) is 21.8. The van der Waals surface area contributed by atoms with E-state index < -0.39 is 15.8 Å². The number of hydrogen-bond acceptors (Lipinski definition) is 6. The first-order valence-electron chi connectivity index (χ1n) is 11.7. The van der Waals surface area contributed by atoms with Crippen molar-refractivity contribution in [3.05, 3.63) is 46.7 Å². The number of sulfone groups is 1. The monoisotopic (exact) mass is 521 g/mol. The maximum atomic E-state index is 13.2. The zero-order valence-electron chi connectivity index (χ0n) is 19.4. The van der Waals surface area contributed by atoms with Gasteiger partial charge in [0.05, 0.1) is 4.88 Å². The minimum atomic E-state index is -3.59. The maximum absolute atomic E-state index is 13.2. The van der Waals surface area contributed by atoms with Gasteiger partial charge in [-0.2, -0.15) is 0 Å². The van der Waals surface area contributed by atoms with Crippen molar-refractivity contribution >= 4 is 44.4 Å². The smallest absolute Gasteiger partial charge is 0.303 e. The molecule has 9 heteroatoms. The normalized spacial score (nSPS) is 25.7. The van der Waals surface area contributed by atoms with Crippen LogP contribution in [0, 0.1) is 23.2 Å². The molecule has 0 saturated heterocycles. The molecular formula is C25H31NO5S3. The molecule has 2 bridgehead atoms. The molecule has 4 unspecified atom stereocenters. The van der Waals surface area contributed by atoms with Gasteiger partial charge in [0, 0.05) is 12.5 Å². The number of carboxylic acid groups (broad SMARTS) is 1. The quantitative estimate of drug-likeness (QED) is 0.312. The van der Waals surface area contributed by atoms with Crippen molar-refractivity contribution < 1.29 is 23.1 Å². The van der Waals surface area contributed by atoms with E-state index in [2.05, 4.69) is 25.2 Å². The van der Waals surface area contributed by atoms with Gasteiger partial charge in [0.2, 0.25) is 9.84 Å². The summed E-state index contributed by atoms with van der Waals surface area (Å²) in [4.78, 5) is 24.2. The number of carbonyl (C=O) groups is 2. The number of rotatable bonds is 10. The second kappa shape index (κ2) is 9.95. The van der Waals surface area contributed by atoms with Crippen molar-refractivity contribution in [3.8, 4) is 0 Å². The third-order valence-corrected chi connectivity index (χ3v) is 12.3. The number of thiophene rings is 2. The molecule has 34 heavy (non-hydrogen) atoms. The fourth-order valence-electron chi connectivity index (χ4n) is 5.45. The lowest BCUT2D eigenvalue weighted by molar-refractivity contribution is -0.137. The van der Waals surface area contributed by atoms with Crippen LogP contribution in [0.3, 0.4) is 0 Å². The van der Waals surface area contributed by atoms with Crippen molar-refractivity contribution in [2.45, 2.75) is 66.8 Å². The number of amides is 1. The first-order chi connectivity index (χ1) is 16.1. The highest BCUT2D eigenvalue weighted by Gasteiger charge is 2.57. The molecule has 2 N–H and O–H groups in total. The number of unbranched alkanes of at least 4 members (excludes halogenated alkanes) is 1. The van der Waals surface area contributed by atoms with E-state index in [1.807, 2.05) is 6.08 Å². The van der Waals surface area contributed by atoms with Crippen LogP contribution in [-0.4, -0.2) is 31.4 Å². The molecule has 0 aromatic carbocycles. The average Bonchev–Trinajstić information content (AvgIpc) is 3.49. The van der Waals surface area contributed by atoms with E-state index in [0.717, 1.165) is 37.0 Å². The number of nitrogens with one attached hydrogen (secondary N) is 1. The summed E-state index contributed by atoms with van der Waals surface area (Å²) < 4.78 is 26.1. The van der Waals surface area contributed by atoms with Crippen LogP contribution < -0.4 is 5.32 Å². The van der Waals surface area contributed by atoms with Gasteiger partial charge in [-0.15, -0.1) is 22.7 Å². The SMILES string of the molecule is CC1(C)C2CC(C/C=C/CCCC(=O)O)C(NC(=O)c3ccc(S(=O)(=O)c4cccs4)s3)C1C2. The lowest BCUT2D eigenvalue weighted by Gasteiger charge is -2.62. The van der Waals surface area contributed by atoms with Crippen molar-refractivity contribution in [1.29, 1.82) is 0 Å². The molecule has 1 amide bonds. The van der Waals surface area contributed by atoms with Crippen LogP contribution in [0.4, 0.5) is 0 Å². The van der Waals surface area contributed by atoms with E-state index in [9.17, 15) is 18.0 Å². The van der Waals surface area contributed by atoms with E-state index in [4.69, 9.17) is 5.11 Å². The number of fused-ring (bicyclic) bond motifs is 2. The van der Waals surface area contributed by atoms with Crippen LogP contribution in [0.1, 0.15) is 62.0 Å². The molecule has 3 saturated carbocycles. The molecule has 3 aliphatic rings. The Bertz CT molecular complexity index is 1160. The van der Waals surface area contributed by atoms with Gasteiger partial charge < -0.3 is 10.4 Å². The topological polar surface area (TPSA) is 101 Å². The van der Waals surface area contributed by atoms with E-state index in [-0.39, 0.29) is 32.2 Å². The number of carboxylic acids is 1. The van der Waals surface area contributed by atoms with Crippen molar-refractivity contribution in [1.82, 2.24) is 5.32 Å². The molecule has 4 atom stereocenters. The average molecular weight is 522 g/mol. The van der Waals surface area contributed by atoms with E-state index in [1.165, 1.54) is 17.4 Å². The lowest BCUT2D eigenvalue weighted by atomic mass is 9.44. The van der Waals surface area contributed by atoms with E-state index in [1.54, 1.807) is 23.6 Å². The molecule has 0 radical (unpaired) electrons. The van der Waals surface area contributed by atoms with Gasteiger partial charge in [-0.25, -0.2) is 8.42 Å². The highest BCUT2D eigenvalue weighted by atomic mass is 32.3. The second-order valence-corrected chi connectivity index (χ2v) is 14.3. The maximum Gasteiger partial charge on any atom is 0.303 e. The first-order valence-corrected chi connectivity index (χ1v) is 14.8. The van der Waals surface area contributed by atoms with Gasteiger partial charge in [-0.3, -0.25) is 9.59 Å². The largest absolute Gasteiger partial charge is 0.481 e.